The van der Waals surface area contributed by atoms with E-state index in [0.717, 1.165) is 15.8 Å². The first-order chi connectivity index (χ1) is 8.04. The highest BCUT2D eigenvalue weighted by atomic mass is 79.9. The Bertz CT molecular complexity index is 353. The van der Waals surface area contributed by atoms with Crippen molar-refractivity contribution in [2.45, 2.75) is 25.9 Å². The lowest BCUT2D eigenvalue weighted by Crippen LogP contribution is -2.23. The zero-order valence-corrected chi connectivity index (χ0v) is 12.0. The zero-order valence-electron chi connectivity index (χ0n) is 10.4. The van der Waals surface area contributed by atoms with E-state index in [9.17, 15) is 5.11 Å². The Balaban J connectivity index is 2.70. The number of aliphatic hydroxyl groups excluding tert-OH is 1. The van der Waals surface area contributed by atoms with Crippen LogP contribution in [0.25, 0.3) is 0 Å². The fraction of sp³-hybridized carbons (Fsp3) is 0.538. The van der Waals surface area contributed by atoms with E-state index in [2.05, 4.69) is 29.8 Å². The van der Waals surface area contributed by atoms with Gasteiger partial charge in [0.1, 0.15) is 18.5 Å². The van der Waals surface area contributed by atoms with E-state index in [4.69, 9.17) is 9.47 Å². The summed E-state index contributed by atoms with van der Waals surface area (Å²) in [5, 5.41) is 9.54. The highest BCUT2D eigenvalue weighted by Crippen LogP contribution is 2.29. The lowest BCUT2D eigenvalue weighted by Gasteiger charge is -2.16. The van der Waals surface area contributed by atoms with Crippen molar-refractivity contribution in [3.8, 4) is 5.75 Å². The molecule has 0 saturated heterocycles. The lowest BCUT2D eigenvalue weighted by atomic mass is 10.0. The summed E-state index contributed by atoms with van der Waals surface area (Å²) in [6, 6.07) is 5.89. The average Bonchev–Trinajstić information content (AvgIpc) is 2.27. The molecule has 0 aromatic heterocycles. The molecule has 96 valence electrons. The fourth-order valence-corrected chi connectivity index (χ4v) is 1.91. The third kappa shape index (κ3) is 4.66. The van der Waals surface area contributed by atoms with Gasteiger partial charge in [-0.1, -0.05) is 29.8 Å². The minimum Gasteiger partial charge on any atom is -0.491 e. The quantitative estimate of drug-likeness (QED) is 0.878. The molecule has 0 spiro atoms. The molecule has 0 aliphatic rings. The standard InChI is InChI=1S/C13H19BrO3/c1-9(2)12-6-10(14)4-5-13(12)17-8-11(15)7-16-3/h4-6,9,11,15H,7-8H2,1-3H3/t11-/m1/s1. The van der Waals surface area contributed by atoms with Gasteiger partial charge in [0.25, 0.3) is 0 Å². The smallest absolute Gasteiger partial charge is 0.122 e. The van der Waals surface area contributed by atoms with Crippen LogP contribution in [-0.2, 0) is 4.74 Å². The molecule has 0 bridgehead atoms. The Hall–Kier alpha value is -0.580. The number of rotatable bonds is 6. The highest BCUT2D eigenvalue weighted by Gasteiger charge is 2.10. The van der Waals surface area contributed by atoms with Crippen LogP contribution in [0.1, 0.15) is 25.3 Å². The van der Waals surface area contributed by atoms with Gasteiger partial charge in [-0.25, -0.2) is 0 Å². The van der Waals surface area contributed by atoms with Gasteiger partial charge >= 0.3 is 0 Å². The van der Waals surface area contributed by atoms with E-state index in [1.54, 1.807) is 7.11 Å². The topological polar surface area (TPSA) is 38.7 Å². The van der Waals surface area contributed by atoms with Gasteiger partial charge in [-0.15, -0.1) is 0 Å². The van der Waals surface area contributed by atoms with Crippen LogP contribution in [0.3, 0.4) is 0 Å². The molecule has 0 radical (unpaired) electrons. The summed E-state index contributed by atoms with van der Waals surface area (Å²) < 4.78 is 11.5. The maximum atomic E-state index is 9.54. The van der Waals surface area contributed by atoms with Gasteiger partial charge in [0.05, 0.1) is 6.61 Å². The molecule has 1 rings (SSSR count). The van der Waals surface area contributed by atoms with Gasteiger partial charge < -0.3 is 14.6 Å². The molecule has 17 heavy (non-hydrogen) atoms. The van der Waals surface area contributed by atoms with Crippen LogP contribution in [-0.4, -0.2) is 31.5 Å². The number of halogens is 1. The summed E-state index contributed by atoms with van der Waals surface area (Å²) in [6.07, 6.45) is -0.594. The Morgan fingerprint density at radius 2 is 2.00 bits per heavy atom. The van der Waals surface area contributed by atoms with Crippen molar-refractivity contribution >= 4 is 15.9 Å². The largest absolute Gasteiger partial charge is 0.491 e. The summed E-state index contributed by atoms with van der Waals surface area (Å²) >= 11 is 3.44. The van der Waals surface area contributed by atoms with Gasteiger partial charge in [0.15, 0.2) is 0 Å². The first-order valence-electron chi connectivity index (χ1n) is 5.63. The van der Waals surface area contributed by atoms with Gasteiger partial charge in [-0.3, -0.25) is 0 Å². The molecule has 0 heterocycles. The SMILES string of the molecule is COC[C@@H](O)COc1ccc(Br)cc1C(C)C. The summed E-state index contributed by atoms with van der Waals surface area (Å²) in [7, 11) is 1.56. The summed E-state index contributed by atoms with van der Waals surface area (Å²) in [5.74, 6) is 1.19. The number of hydrogen-bond acceptors (Lipinski definition) is 3. The second-order valence-corrected chi connectivity index (χ2v) is 5.17. The number of benzene rings is 1. The van der Waals surface area contributed by atoms with Crippen molar-refractivity contribution in [1.82, 2.24) is 0 Å². The zero-order chi connectivity index (χ0) is 12.8. The molecule has 1 aromatic carbocycles. The summed E-state index contributed by atoms with van der Waals surface area (Å²) in [6.45, 7) is 4.75. The van der Waals surface area contributed by atoms with Crippen LogP contribution in [0.4, 0.5) is 0 Å². The van der Waals surface area contributed by atoms with Crippen molar-refractivity contribution in [1.29, 1.82) is 0 Å². The predicted molar refractivity (Wildman–Crippen MR) is 71.6 cm³/mol. The molecule has 0 fully saturated rings. The molecule has 1 atom stereocenters. The number of aliphatic hydroxyl groups is 1. The number of ether oxygens (including phenoxy) is 2. The second kappa shape index (κ2) is 6.99. The molecule has 3 nitrogen and oxygen atoms in total. The highest BCUT2D eigenvalue weighted by molar-refractivity contribution is 9.10. The Morgan fingerprint density at radius 3 is 2.59 bits per heavy atom. The van der Waals surface area contributed by atoms with Gasteiger partial charge in [0, 0.05) is 11.6 Å². The molecule has 0 aliphatic carbocycles. The van der Waals surface area contributed by atoms with Gasteiger partial charge in [-0.2, -0.15) is 0 Å². The molecular formula is C13H19BrO3. The molecule has 0 saturated carbocycles. The van der Waals surface area contributed by atoms with Crippen molar-refractivity contribution < 1.29 is 14.6 Å². The number of hydrogen-bond donors (Lipinski definition) is 1. The molecule has 0 unspecified atom stereocenters. The van der Waals surface area contributed by atoms with Crippen molar-refractivity contribution in [3.05, 3.63) is 28.2 Å². The molecular weight excluding hydrogens is 284 g/mol. The van der Waals surface area contributed by atoms with Crippen LogP contribution in [0.15, 0.2) is 22.7 Å². The summed E-state index contributed by atoms with van der Waals surface area (Å²) in [4.78, 5) is 0. The first kappa shape index (κ1) is 14.5. The van der Waals surface area contributed by atoms with Crippen molar-refractivity contribution in [2.24, 2.45) is 0 Å². The summed E-state index contributed by atoms with van der Waals surface area (Å²) in [5.41, 5.74) is 1.13. The normalized spacial score (nSPS) is 12.8. The minimum atomic E-state index is -0.594. The number of methoxy groups -OCH3 is 1. The maximum Gasteiger partial charge on any atom is 0.122 e. The van der Waals surface area contributed by atoms with Crippen LogP contribution in [0.2, 0.25) is 0 Å². The average molecular weight is 303 g/mol. The van der Waals surface area contributed by atoms with Crippen LogP contribution < -0.4 is 4.74 Å². The Morgan fingerprint density at radius 1 is 1.29 bits per heavy atom. The Labute approximate surface area is 111 Å². The first-order valence-corrected chi connectivity index (χ1v) is 6.43. The molecule has 4 heteroatoms. The molecule has 1 N–H and O–H groups in total. The Kier molecular flexibility index (Phi) is 5.95. The molecule has 0 aliphatic heterocycles. The maximum absolute atomic E-state index is 9.54. The van der Waals surface area contributed by atoms with Gasteiger partial charge in [0.2, 0.25) is 0 Å². The molecule has 0 amide bonds. The second-order valence-electron chi connectivity index (χ2n) is 4.26. The third-order valence-corrected chi connectivity index (χ3v) is 2.88. The minimum absolute atomic E-state index is 0.245. The van der Waals surface area contributed by atoms with E-state index in [0.29, 0.717) is 5.92 Å². The van der Waals surface area contributed by atoms with Crippen LogP contribution in [0.5, 0.6) is 5.75 Å². The van der Waals surface area contributed by atoms with Crippen LogP contribution >= 0.6 is 15.9 Å². The fourth-order valence-electron chi connectivity index (χ4n) is 1.53. The van der Waals surface area contributed by atoms with E-state index in [1.165, 1.54) is 0 Å². The van der Waals surface area contributed by atoms with E-state index in [-0.39, 0.29) is 13.2 Å². The monoisotopic (exact) mass is 302 g/mol. The van der Waals surface area contributed by atoms with Gasteiger partial charge in [-0.05, 0) is 29.7 Å². The van der Waals surface area contributed by atoms with Crippen LogP contribution in [0, 0.1) is 0 Å². The van der Waals surface area contributed by atoms with E-state index in [1.807, 2.05) is 18.2 Å². The third-order valence-electron chi connectivity index (χ3n) is 2.38. The predicted octanol–water partition coefficient (Wildman–Crippen LogP) is 2.96. The van der Waals surface area contributed by atoms with Crippen molar-refractivity contribution in [2.75, 3.05) is 20.3 Å². The van der Waals surface area contributed by atoms with E-state index >= 15 is 0 Å². The van der Waals surface area contributed by atoms with E-state index < -0.39 is 6.10 Å². The molecule has 1 aromatic rings. The lowest BCUT2D eigenvalue weighted by molar-refractivity contribution is 0.0322. The van der Waals surface area contributed by atoms with Crippen molar-refractivity contribution in [3.63, 3.8) is 0 Å².